The number of amides is 1. The molecule has 0 aliphatic heterocycles. The maximum atomic E-state index is 10.7. The summed E-state index contributed by atoms with van der Waals surface area (Å²) in [6, 6.07) is 11.5. The monoisotopic (exact) mass is 244 g/mol. The highest BCUT2D eigenvalue weighted by molar-refractivity contribution is 6.03. The topological polar surface area (TPSA) is 93.3 Å². The molecule has 0 radical (unpaired) electrons. The average molecular weight is 244 g/mol. The van der Waals surface area contributed by atoms with Crippen molar-refractivity contribution in [1.82, 2.24) is 4.98 Å². The molecular weight excluding hydrogens is 232 g/mol. The van der Waals surface area contributed by atoms with Gasteiger partial charge in [0.15, 0.2) is 0 Å². The third-order valence-electron chi connectivity index (χ3n) is 1.99. The summed E-state index contributed by atoms with van der Waals surface area (Å²) in [4.78, 5) is 25.0. The molecule has 2 rings (SSSR count). The van der Waals surface area contributed by atoms with Crippen LogP contribution in [-0.2, 0) is 0 Å². The largest absolute Gasteiger partial charge is 0.478 e. The third kappa shape index (κ3) is 4.05. The second kappa shape index (κ2) is 6.80. The summed E-state index contributed by atoms with van der Waals surface area (Å²) in [7, 11) is 0. The molecule has 0 atom stereocenters. The molecule has 0 fully saturated rings. The van der Waals surface area contributed by atoms with Crippen LogP contribution in [0.1, 0.15) is 20.7 Å². The van der Waals surface area contributed by atoms with E-state index < -0.39 is 11.9 Å². The molecule has 0 saturated carbocycles. The zero-order chi connectivity index (χ0) is 13.4. The number of nitrogens with zero attached hydrogens (tertiary/aromatic N) is 1. The van der Waals surface area contributed by atoms with E-state index in [0.29, 0.717) is 0 Å². The molecule has 0 unspecified atom stereocenters. The summed E-state index contributed by atoms with van der Waals surface area (Å²) in [6.07, 6.45) is 3.50. The number of aromatic nitrogens is 1. The number of pyridine rings is 1. The van der Waals surface area contributed by atoms with Crippen molar-refractivity contribution in [2.45, 2.75) is 0 Å². The van der Waals surface area contributed by atoms with Gasteiger partial charge in [-0.3, -0.25) is 9.78 Å². The van der Waals surface area contributed by atoms with Crippen molar-refractivity contribution in [3.05, 3.63) is 66.0 Å². The van der Waals surface area contributed by atoms with Crippen molar-refractivity contribution >= 4 is 11.9 Å². The predicted molar refractivity (Wildman–Crippen MR) is 66.2 cm³/mol. The van der Waals surface area contributed by atoms with E-state index in [1.54, 1.807) is 18.5 Å². The van der Waals surface area contributed by atoms with E-state index in [1.165, 1.54) is 18.2 Å². The molecule has 0 saturated heterocycles. The highest BCUT2D eigenvalue weighted by Gasteiger charge is 2.11. The minimum Gasteiger partial charge on any atom is -0.478 e. The van der Waals surface area contributed by atoms with Gasteiger partial charge in [-0.15, -0.1) is 0 Å². The molecule has 1 aromatic carbocycles. The van der Waals surface area contributed by atoms with Gasteiger partial charge in [0.1, 0.15) is 0 Å². The smallest absolute Gasteiger partial charge is 0.336 e. The standard InChI is InChI=1S/C8H7NO3.C5H5N/c9-7(10)5-3-1-2-4-6(5)8(11)12;1-2-4-6-5-3-1/h1-4H,(H2,9,10)(H,11,12);1-5H. The molecule has 0 aliphatic carbocycles. The van der Waals surface area contributed by atoms with Gasteiger partial charge in [-0.1, -0.05) is 18.2 Å². The van der Waals surface area contributed by atoms with Crippen LogP contribution in [0.15, 0.2) is 54.9 Å². The van der Waals surface area contributed by atoms with Crippen molar-refractivity contribution in [1.29, 1.82) is 0 Å². The van der Waals surface area contributed by atoms with Crippen LogP contribution in [0.3, 0.4) is 0 Å². The summed E-state index contributed by atoms with van der Waals surface area (Å²) in [6.45, 7) is 0. The SMILES string of the molecule is NC(=O)c1ccccc1C(=O)O.c1ccncc1. The average Bonchev–Trinajstić information content (AvgIpc) is 2.41. The molecule has 0 aliphatic rings. The number of primary amides is 1. The van der Waals surface area contributed by atoms with Gasteiger partial charge in [0.25, 0.3) is 0 Å². The van der Waals surface area contributed by atoms with E-state index in [0.717, 1.165) is 0 Å². The van der Waals surface area contributed by atoms with Crippen LogP contribution >= 0.6 is 0 Å². The lowest BCUT2D eigenvalue weighted by Crippen LogP contribution is -2.15. The Kier molecular flexibility index (Phi) is 5.05. The summed E-state index contributed by atoms with van der Waals surface area (Å²) in [5, 5.41) is 8.61. The third-order valence-corrected chi connectivity index (χ3v) is 1.99. The Morgan fingerprint density at radius 3 is 1.78 bits per heavy atom. The molecular formula is C13H12N2O3. The van der Waals surface area contributed by atoms with Gasteiger partial charge in [0.2, 0.25) is 5.91 Å². The lowest BCUT2D eigenvalue weighted by Gasteiger charge is -1.99. The zero-order valence-corrected chi connectivity index (χ0v) is 9.48. The van der Waals surface area contributed by atoms with Crippen molar-refractivity contribution in [2.24, 2.45) is 5.73 Å². The fourth-order valence-electron chi connectivity index (χ4n) is 1.20. The van der Waals surface area contributed by atoms with Crippen molar-refractivity contribution < 1.29 is 14.7 Å². The molecule has 5 heteroatoms. The van der Waals surface area contributed by atoms with E-state index in [2.05, 4.69) is 4.98 Å². The second-order valence-electron chi connectivity index (χ2n) is 3.24. The molecule has 2 aromatic rings. The maximum absolute atomic E-state index is 10.7. The first-order valence-corrected chi connectivity index (χ1v) is 5.10. The number of carbonyl (C=O) groups is 2. The van der Waals surface area contributed by atoms with E-state index in [1.807, 2.05) is 18.2 Å². The number of rotatable bonds is 2. The molecule has 0 spiro atoms. The number of hydrogen-bond donors (Lipinski definition) is 2. The van der Waals surface area contributed by atoms with Gasteiger partial charge in [0.05, 0.1) is 11.1 Å². The van der Waals surface area contributed by atoms with Gasteiger partial charge in [-0.2, -0.15) is 0 Å². The summed E-state index contributed by atoms with van der Waals surface area (Å²) in [5.41, 5.74) is 4.92. The summed E-state index contributed by atoms with van der Waals surface area (Å²) >= 11 is 0. The van der Waals surface area contributed by atoms with Crippen LogP contribution < -0.4 is 5.73 Å². The zero-order valence-electron chi connectivity index (χ0n) is 9.48. The van der Waals surface area contributed by atoms with Crippen molar-refractivity contribution in [3.8, 4) is 0 Å². The van der Waals surface area contributed by atoms with Crippen LogP contribution in [0.2, 0.25) is 0 Å². The maximum Gasteiger partial charge on any atom is 0.336 e. The van der Waals surface area contributed by atoms with Crippen LogP contribution in [0, 0.1) is 0 Å². The van der Waals surface area contributed by atoms with Crippen LogP contribution in [0.4, 0.5) is 0 Å². The van der Waals surface area contributed by atoms with E-state index in [9.17, 15) is 9.59 Å². The number of carbonyl (C=O) groups excluding carboxylic acids is 1. The Bertz CT molecular complexity index is 467. The molecule has 1 heterocycles. The Balaban J connectivity index is 0.000000225. The highest BCUT2D eigenvalue weighted by atomic mass is 16.4. The normalized spacial score (nSPS) is 8.89. The lowest BCUT2D eigenvalue weighted by atomic mass is 10.1. The molecule has 5 nitrogen and oxygen atoms in total. The number of nitrogens with two attached hydrogens (primary N) is 1. The number of benzene rings is 1. The van der Waals surface area contributed by atoms with Crippen molar-refractivity contribution in [3.63, 3.8) is 0 Å². The Hall–Kier alpha value is -2.69. The Labute approximate surface area is 104 Å². The highest BCUT2D eigenvalue weighted by Crippen LogP contribution is 2.06. The lowest BCUT2D eigenvalue weighted by molar-refractivity contribution is 0.0692. The Morgan fingerprint density at radius 2 is 1.50 bits per heavy atom. The Morgan fingerprint density at radius 1 is 0.944 bits per heavy atom. The van der Waals surface area contributed by atoms with Gasteiger partial charge < -0.3 is 10.8 Å². The van der Waals surface area contributed by atoms with Crippen LogP contribution in [-0.4, -0.2) is 22.0 Å². The van der Waals surface area contributed by atoms with E-state index in [4.69, 9.17) is 10.8 Å². The van der Waals surface area contributed by atoms with E-state index >= 15 is 0 Å². The second-order valence-corrected chi connectivity index (χ2v) is 3.24. The van der Waals surface area contributed by atoms with Gasteiger partial charge in [-0.05, 0) is 24.3 Å². The summed E-state index contributed by atoms with van der Waals surface area (Å²) in [5.74, 6) is -1.88. The first kappa shape index (κ1) is 13.4. The van der Waals surface area contributed by atoms with Crippen molar-refractivity contribution in [2.75, 3.05) is 0 Å². The molecule has 92 valence electrons. The van der Waals surface area contributed by atoms with Crippen LogP contribution in [0.25, 0.3) is 0 Å². The van der Waals surface area contributed by atoms with Gasteiger partial charge in [0, 0.05) is 12.4 Å². The number of hydrogen-bond acceptors (Lipinski definition) is 3. The minimum absolute atomic E-state index is 0.0324. The fourth-order valence-corrected chi connectivity index (χ4v) is 1.20. The first-order valence-electron chi connectivity index (χ1n) is 5.10. The fraction of sp³-hybridized carbons (Fsp3) is 0. The predicted octanol–water partition coefficient (Wildman–Crippen LogP) is 1.57. The van der Waals surface area contributed by atoms with Gasteiger partial charge in [-0.25, -0.2) is 4.79 Å². The molecule has 1 aromatic heterocycles. The molecule has 1 amide bonds. The van der Waals surface area contributed by atoms with Gasteiger partial charge >= 0.3 is 5.97 Å². The number of carboxylic acids is 1. The molecule has 3 N–H and O–H groups in total. The molecule has 18 heavy (non-hydrogen) atoms. The van der Waals surface area contributed by atoms with E-state index in [-0.39, 0.29) is 11.1 Å². The summed E-state index contributed by atoms with van der Waals surface area (Å²) < 4.78 is 0. The quantitative estimate of drug-likeness (QED) is 0.838. The number of aromatic carboxylic acids is 1. The number of carboxylic acid groups (broad SMARTS) is 1. The first-order chi connectivity index (χ1) is 8.63. The van der Waals surface area contributed by atoms with Crippen LogP contribution in [0.5, 0.6) is 0 Å². The molecule has 0 bridgehead atoms. The minimum atomic E-state index is -1.15.